The van der Waals surface area contributed by atoms with E-state index in [9.17, 15) is 4.79 Å². The highest BCUT2D eigenvalue weighted by Crippen LogP contribution is 2.23. The molecule has 3 N–H and O–H groups in total. The monoisotopic (exact) mass is 270 g/mol. The molecule has 0 heterocycles. The lowest BCUT2D eigenvalue weighted by molar-refractivity contribution is 0.155. The summed E-state index contributed by atoms with van der Waals surface area (Å²) in [4.78, 5) is 11.7. The summed E-state index contributed by atoms with van der Waals surface area (Å²) in [6.07, 6.45) is -0.510. The van der Waals surface area contributed by atoms with Gasteiger partial charge in [0.05, 0.1) is 11.4 Å². The molecule has 1 amide bonds. The predicted octanol–water partition coefficient (Wildman–Crippen LogP) is 3.63. The van der Waals surface area contributed by atoms with Crippen LogP contribution >= 0.6 is 0 Å². The molecule has 0 radical (unpaired) electrons. The normalized spacial score (nSPS) is 10.1. The van der Waals surface area contributed by atoms with Crippen molar-refractivity contribution < 1.29 is 9.53 Å². The Morgan fingerprint density at radius 1 is 1.15 bits per heavy atom. The highest BCUT2D eigenvalue weighted by atomic mass is 16.5. The summed E-state index contributed by atoms with van der Waals surface area (Å²) in [5.74, 6) is 0. The molecule has 0 spiro atoms. The van der Waals surface area contributed by atoms with Gasteiger partial charge in [0.25, 0.3) is 0 Å². The number of benzene rings is 2. The van der Waals surface area contributed by atoms with Crippen LogP contribution in [-0.4, -0.2) is 6.09 Å². The maximum absolute atomic E-state index is 11.7. The summed E-state index contributed by atoms with van der Waals surface area (Å²) < 4.78 is 5.15. The standard InChI is InChI=1S/C16H18N2O2/c1-11-8-14(17)15(9-12(11)2)18-16(19)20-10-13-6-4-3-5-7-13/h3-9H,10,17H2,1-2H3,(H,18,19). The Bertz CT molecular complexity index is 609. The van der Waals surface area contributed by atoms with Gasteiger partial charge >= 0.3 is 6.09 Å². The SMILES string of the molecule is Cc1cc(N)c(NC(=O)OCc2ccccc2)cc1C. The number of amides is 1. The summed E-state index contributed by atoms with van der Waals surface area (Å²) in [6.45, 7) is 4.18. The molecule has 104 valence electrons. The highest BCUT2D eigenvalue weighted by Gasteiger charge is 2.08. The molecule has 0 saturated heterocycles. The van der Waals surface area contributed by atoms with Crippen molar-refractivity contribution in [3.05, 3.63) is 59.2 Å². The first kappa shape index (κ1) is 13.9. The molecule has 2 aromatic rings. The number of ether oxygens (including phenoxy) is 1. The number of nitrogen functional groups attached to an aromatic ring is 1. The van der Waals surface area contributed by atoms with E-state index in [1.54, 1.807) is 0 Å². The first-order chi connectivity index (χ1) is 9.56. The van der Waals surface area contributed by atoms with Gasteiger partial charge < -0.3 is 10.5 Å². The fourth-order valence-electron chi connectivity index (χ4n) is 1.82. The summed E-state index contributed by atoms with van der Waals surface area (Å²) in [7, 11) is 0. The summed E-state index contributed by atoms with van der Waals surface area (Å²) in [5.41, 5.74) is 10.1. The zero-order valence-electron chi connectivity index (χ0n) is 11.6. The molecule has 2 aromatic carbocycles. The second-order valence-corrected chi connectivity index (χ2v) is 4.71. The van der Waals surface area contributed by atoms with E-state index in [1.807, 2.05) is 56.3 Å². The van der Waals surface area contributed by atoms with E-state index in [4.69, 9.17) is 10.5 Å². The van der Waals surface area contributed by atoms with E-state index < -0.39 is 6.09 Å². The smallest absolute Gasteiger partial charge is 0.412 e. The fraction of sp³-hybridized carbons (Fsp3) is 0.188. The van der Waals surface area contributed by atoms with E-state index in [-0.39, 0.29) is 6.61 Å². The number of hydrogen-bond donors (Lipinski definition) is 2. The molecule has 0 aliphatic heterocycles. The lowest BCUT2D eigenvalue weighted by Crippen LogP contribution is -2.15. The molecule has 0 atom stereocenters. The Kier molecular flexibility index (Phi) is 4.25. The lowest BCUT2D eigenvalue weighted by atomic mass is 10.1. The van der Waals surface area contributed by atoms with Crippen molar-refractivity contribution in [3.63, 3.8) is 0 Å². The average molecular weight is 270 g/mol. The predicted molar refractivity (Wildman–Crippen MR) is 80.6 cm³/mol. The molecule has 0 aliphatic rings. The molecular formula is C16H18N2O2. The minimum Gasteiger partial charge on any atom is -0.444 e. The molecule has 4 nitrogen and oxygen atoms in total. The largest absolute Gasteiger partial charge is 0.444 e. The van der Waals surface area contributed by atoms with Crippen molar-refractivity contribution in [2.24, 2.45) is 0 Å². The van der Waals surface area contributed by atoms with Crippen LogP contribution in [0.4, 0.5) is 16.2 Å². The number of rotatable bonds is 3. The topological polar surface area (TPSA) is 64.3 Å². The van der Waals surface area contributed by atoms with Crippen LogP contribution in [0.5, 0.6) is 0 Å². The van der Waals surface area contributed by atoms with Gasteiger partial charge in [0.15, 0.2) is 0 Å². The van der Waals surface area contributed by atoms with E-state index >= 15 is 0 Å². The lowest BCUT2D eigenvalue weighted by Gasteiger charge is -2.11. The Labute approximate surface area is 118 Å². The second-order valence-electron chi connectivity index (χ2n) is 4.71. The molecule has 0 saturated carbocycles. The van der Waals surface area contributed by atoms with E-state index in [1.165, 1.54) is 0 Å². The van der Waals surface area contributed by atoms with Gasteiger partial charge in [0, 0.05) is 0 Å². The maximum atomic E-state index is 11.7. The van der Waals surface area contributed by atoms with Gasteiger partial charge in [0.1, 0.15) is 6.61 Å². The number of aryl methyl sites for hydroxylation is 2. The van der Waals surface area contributed by atoms with Gasteiger partial charge in [-0.25, -0.2) is 4.79 Å². The zero-order chi connectivity index (χ0) is 14.5. The molecule has 4 heteroatoms. The van der Waals surface area contributed by atoms with Crippen molar-refractivity contribution in [1.29, 1.82) is 0 Å². The molecule has 0 fully saturated rings. The van der Waals surface area contributed by atoms with Crippen LogP contribution in [0.25, 0.3) is 0 Å². The first-order valence-electron chi connectivity index (χ1n) is 6.40. The molecule has 0 aromatic heterocycles. The van der Waals surface area contributed by atoms with Crippen LogP contribution in [0.15, 0.2) is 42.5 Å². The van der Waals surface area contributed by atoms with Crippen molar-refractivity contribution in [2.75, 3.05) is 11.1 Å². The number of nitrogens with one attached hydrogen (secondary N) is 1. The number of anilines is 2. The van der Waals surface area contributed by atoms with Gasteiger partial charge in [-0.1, -0.05) is 30.3 Å². The van der Waals surface area contributed by atoms with Gasteiger partial charge in [-0.3, -0.25) is 5.32 Å². The quantitative estimate of drug-likeness (QED) is 0.837. The Hall–Kier alpha value is -2.49. The fourth-order valence-corrected chi connectivity index (χ4v) is 1.82. The Morgan fingerprint density at radius 3 is 2.50 bits per heavy atom. The zero-order valence-corrected chi connectivity index (χ0v) is 11.6. The summed E-state index contributed by atoms with van der Waals surface area (Å²) >= 11 is 0. The minimum atomic E-state index is -0.510. The van der Waals surface area contributed by atoms with E-state index in [0.29, 0.717) is 11.4 Å². The minimum absolute atomic E-state index is 0.234. The van der Waals surface area contributed by atoms with Crippen LogP contribution in [0.3, 0.4) is 0 Å². The highest BCUT2D eigenvalue weighted by molar-refractivity contribution is 5.89. The molecule has 2 rings (SSSR count). The summed E-state index contributed by atoms with van der Waals surface area (Å²) in [5, 5.41) is 2.66. The van der Waals surface area contributed by atoms with E-state index in [2.05, 4.69) is 5.32 Å². The number of carbonyl (C=O) groups is 1. The van der Waals surface area contributed by atoms with Crippen LogP contribution in [0, 0.1) is 13.8 Å². The Balaban J connectivity index is 1.97. The van der Waals surface area contributed by atoms with Gasteiger partial charge in [-0.2, -0.15) is 0 Å². The van der Waals surface area contributed by atoms with Crippen LogP contribution in [0.1, 0.15) is 16.7 Å². The van der Waals surface area contributed by atoms with Gasteiger partial charge in [-0.05, 0) is 42.7 Å². The van der Waals surface area contributed by atoms with Crippen LogP contribution in [0.2, 0.25) is 0 Å². The van der Waals surface area contributed by atoms with Crippen molar-refractivity contribution in [3.8, 4) is 0 Å². The van der Waals surface area contributed by atoms with Gasteiger partial charge in [0.2, 0.25) is 0 Å². The third-order valence-corrected chi connectivity index (χ3v) is 3.12. The third kappa shape index (κ3) is 3.51. The van der Waals surface area contributed by atoms with Crippen LogP contribution in [-0.2, 0) is 11.3 Å². The molecule has 20 heavy (non-hydrogen) atoms. The van der Waals surface area contributed by atoms with Gasteiger partial charge in [-0.15, -0.1) is 0 Å². The van der Waals surface area contributed by atoms with Crippen molar-refractivity contribution in [2.45, 2.75) is 20.5 Å². The van der Waals surface area contributed by atoms with Crippen LogP contribution < -0.4 is 11.1 Å². The van der Waals surface area contributed by atoms with Crippen molar-refractivity contribution in [1.82, 2.24) is 0 Å². The second kappa shape index (κ2) is 6.10. The first-order valence-corrected chi connectivity index (χ1v) is 6.40. The molecular weight excluding hydrogens is 252 g/mol. The number of carbonyl (C=O) groups excluding carboxylic acids is 1. The Morgan fingerprint density at radius 2 is 1.80 bits per heavy atom. The number of nitrogens with two attached hydrogens (primary N) is 1. The molecule has 0 unspecified atom stereocenters. The summed E-state index contributed by atoms with van der Waals surface area (Å²) in [6, 6.07) is 13.2. The molecule has 0 bridgehead atoms. The van der Waals surface area contributed by atoms with Crippen molar-refractivity contribution >= 4 is 17.5 Å². The van der Waals surface area contributed by atoms with E-state index in [0.717, 1.165) is 16.7 Å². The third-order valence-electron chi connectivity index (χ3n) is 3.12. The number of hydrogen-bond acceptors (Lipinski definition) is 3. The average Bonchev–Trinajstić information content (AvgIpc) is 2.44. The maximum Gasteiger partial charge on any atom is 0.412 e. The molecule has 0 aliphatic carbocycles.